The standard InChI is InChI=1S/C41H27F2N3O9/c42-22-2-4-23(5-3-22)46-20-31(41(53)54)38(49)30-18-32(43)34(19-33(30)46)44-11-13-45(14-12-44)39(50)21-1-8-26(40(51)52)29(15-21)37-27-9-6-24(47)16-35(27)55-36-17-25(48)7-10-28(36)37/h1-10,15-20,47H,11-14H2,(H,51,52)(H,53,54). The van der Waals surface area contributed by atoms with Crippen LogP contribution in [-0.4, -0.2) is 68.8 Å². The number of aromatic hydroxyl groups is 1. The zero-order chi connectivity index (χ0) is 38.7. The maximum atomic E-state index is 15.7. The second-order valence-electron chi connectivity index (χ2n) is 13.0. The van der Waals surface area contributed by atoms with Crippen LogP contribution in [0.15, 0.2) is 111 Å². The summed E-state index contributed by atoms with van der Waals surface area (Å²) in [4.78, 5) is 67.0. The number of carbonyl (C=O) groups excluding carboxylic acids is 1. The highest BCUT2D eigenvalue weighted by molar-refractivity contribution is 6.09. The van der Waals surface area contributed by atoms with Gasteiger partial charge in [-0.3, -0.25) is 14.4 Å². The molecule has 1 aromatic heterocycles. The van der Waals surface area contributed by atoms with E-state index in [0.29, 0.717) is 22.2 Å². The third kappa shape index (κ3) is 6.08. The molecule has 12 nitrogen and oxygen atoms in total. The molecule has 0 bridgehead atoms. The number of rotatable bonds is 6. The van der Waals surface area contributed by atoms with Gasteiger partial charge >= 0.3 is 11.9 Å². The van der Waals surface area contributed by atoms with Crippen molar-refractivity contribution in [2.24, 2.45) is 0 Å². The molecule has 1 fully saturated rings. The van der Waals surface area contributed by atoms with Gasteiger partial charge in [0, 0.05) is 77.7 Å². The van der Waals surface area contributed by atoms with Gasteiger partial charge in [0.05, 0.1) is 16.8 Å². The highest BCUT2D eigenvalue weighted by Gasteiger charge is 2.28. The fourth-order valence-electron chi connectivity index (χ4n) is 7.10. The summed E-state index contributed by atoms with van der Waals surface area (Å²) in [5.41, 5.74) is 0.0536. The number of benzene rings is 5. The lowest BCUT2D eigenvalue weighted by molar-refractivity contribution is 0.0685. The van der Waals surface area contributed by atoms with Crippen LogP contribution in [0.3, 0.4) is 0 Å². The fourth-order valence-corrected chi connectivity index (χ4v) is 7.10. The summed E-state index contributed by atoms with van der Waals surface area (Å²) < 4.78 is 36.8. The number of fused-ring (bicyclic) bond motifs is 3. The average Bonchev–Trinajstić information content (AvgIpc) is 3.17. The molecule has 0 atom stereocenters. The largest absolute Gasteiger partial charge is 0.508 e. The van der Waals surface area contributed by atoms with Crippen molar-refractivity contribution in [2.75, 3.05) is 31.1 Å². The Morgan fingerprint density at radius 2 is 1.44 bits per heavy atom. The lowest BCUT2D eigenvalue weighted by Gasteiger charge is -2.36. The Labute approximate surface area is 308 Å². The molecule has 55 heavy (non-hydrogen) atoms. The minimum Gasteiger partial charge on any atom is -0.508 e. The molecule has 14 heteroatoms. The van der Waals surface area contributed by atoms with Crippen molar-refractivity contribution in [3.05, 3.63) is 146 Å². The number of piperazine rings is 1. The van der Waals surface area contributed by atoms with E-state index in [4.69, 9.17) is 4.42 Å². The quantitative estimate of drug-likeness (QED) is 0.166. The summed E-state index contributed by atoms with van der Waals surface area (Å²) in [6.45, 7) is 0.602. The van der Waals surface area contributed by atoms with E-state index < -0.39 is 40.5 Å². The van der Waals surface area contributed by atoms with Crippen LogP contribution in [0.1, 0.15) is 31.1 Å². The van der Waals surface area contributed by atoms with E-state index in [1.165, 1.54) is 83.4 Å². The Kier molecular flexibility index (Phi) is 8.37. The predicted molar refractivity (Wildman–Crippen MR) is 198 cm³/mol. The number of aromatic carboxylic acids is 2. The van der Waals surface area contributed by atoms with E-state index in [2.05, 4.69) is 0 Å². The summed E-state index contributed by atoms with van der Waals surface area (Å²) >= 11 is 0. The van der Waals surface area contributed by atoms with Gasteiger partial charge in [0.1, 0.15) is 34.3 Å². The number of anilines is 1. The van der Waals surface area contributed by atoms with E-state index >= 15 is 4.39 Å². The topological polar surface area (TPSA) is 171 Å². The zero-order valence-electron chi connectivity index (χ0n) is 28.5. The number of nitrogens with zero attached hydrogens (tertiary/aromatic N) is 3. The molecule has 0 spiro atoms. The van der Waals surface area contributed by atoms with Crippen LogP contribution >= 0.6 is 0 Å². The number of carboxylic acids is 2. The van der Waals surface area contributed by atoms with Crippen LogP contribution in [0.2, 0.25) is 0 Å². The number of phenols is 1. The first-order valence-electron chi connectivity index (χ1n) is 16.9. The minimum absolute atomic E-state index is 0.103. The molecular weight excluding hydrogens is 716 g/mol. The van der Waals surface area contributed by atoms with Crippen LogP contribution in [0.25, 0.3) is 50.0 Å². The molecule has 3 N–H and O–H groups in total. The van der Waals surface area contributed by atoms with E-state index in [1.807, 2.05) is 0 Å². The Balaban J connectivity index is 1.13. The number of hydrogen-bond donors (Lipinski definition) is 3. The molecule has 0 saturated carbocycles. The molecule has 0 radical (unpaired) electrons. The van der Waals surface area contributed by atoms with E-state index in [9.17, 15) is 43.7 Å². The first kappa shape index (κ1) is 34.7. The number of carbonyl (C=O) groups is 3. The summed E-state index contributed by atoms with van der Waals surface area (Å²) in [7, 11) is 0. The highest BCUT2D eigenvalue weighted by atomic mass is 19.1. The van der Waals surface area contributed by atoms with E-state index in [1.54, 1.807) is 15.9 Å². The van der Waals surface area contributed by atoms with Crippen molar-refractivity contribution in [1.82, 2.24) is 9.47 Å². The van der Waals surface area contributed by atoms with Crippen LogP contribution in [0, 0.1) is 11.6 Å². The number of aromatic nitrogens is 1. The van der Waals surface area contributed by atoms with Crippen LogP contribution in [0.5, 0.6) is 5.75 Å². The van der Waals surface area contributed by atoms with Gasteiger partial charge in [0.2, 0.25) is 5.43 Å². The molecule has 2 aliphatic heterocycles. The van der Waals surface area contributed by atoms with Gasteiger partial charge in [-0.05, 0) is 84.4 Å². The summed E-state index contributed by atoms with van der Waals surface area (Å²) in [5.74, 6) is -4.45. The average molecular weight is 744 g/mol. The monoisotopic (exact) mass is 743 g/mol. The molecule has 3 heterocycles. The molecule has 4 aromatic carbocycles. The molecule has 8 rings (SSSR count). The number of amides is 1. The zero-order valence-corrected chi connectivity index (χ0v) is 28.5. The number of hydrogen-bond acceptors (Lipinski definition) is 8. The number of pyridine rings is 1. The fraction of sp³-hybridized carbons (Fsp3) is 0.0976. The van der Waals surface area contributed by atoms with Crippen molar-refractivity contribution in [2.45, 2.75) is 0 Å². The first-order valence-corrected chi connectivity index (χ1v) is 16.9. The molecule has 1 aliphatic carbocycles. The smallest absolute Gasteiger partial charge is 0.341 e. The number of carboxylic acid groups (broad SMARTS) is 2. The van der Waals surface area contributed by atoms with Gasteiger partial charge in [-0.25, -0.2) is 18.4 Å². The lowest BCUT2D eigenvalue weighted by Crippen LogP contribution is -2.49. The minimum atomic E-state index is -1.50. The molecule has 0 unspecified atom stereocenters. The van der Waals surface area contributed by atoms with Gasteiger partial charge in [0.25, 0.3) is 5.91 Å². The van der Waals surface area contributed by atoms with Crippen LogP contribution in [-0.2, 0) is 0 Å². The van der Waals surface area contributed by atoms with Crippen molar-refractivity contribution in [1.29, 1.82) is 0 Å². The van der Waals surface area contributed by atoms with Gasteiger partial charge in [-0.1, -0.05) is 0 Å². The Morgan fingerprint density at radius 1 is 0.709 bits per heavy atom. The molecule has 1 amide bonds. The van der Waals surface area contributed by atoms with Crippen LogP contribution < -0.4 is 15.8 Å². The third-order valence-electron chi connectivity index (χ3n) is 9.76. The molecule has 274 valence electrons. The van der Waals surface area contributed by atoms with Gasteiger partial charge in [-0.2, -0.15) is 0 Å². The van der Waals surface area contributed by atoms with Crippen molar-refractivity contribution in [3.63, 3.8) is 0 Å². The molecule has 3 aliphatic rings. The Bertz CT molecular complexity index is 2840. The summed E-state index contributed by atoms with van der Waals surface area (Å²) in [6, 6.07) is 20.1. The molecular formula is C41H27F2N3O9. The van der Waals surface area contributed by atoms with Crippen molar-refractivity contribution < 1.29 is 42.9 Å². The highest BCUT2D eigenvalue weighted by Crippen LogP contribution is 2.42. The molecule has 1 saturated heterocycles. The normalized spacial score (nSPS) is 13.1. The summed E-state index contributed by atoms with van der Waals surface area (Å²) in [6.07, 6.45) is 1.11. The Hall–Kier alpha value is -7.35. The van der Waals surface area contributed by atoms with Crippen molar-refractivity contribution in [3.8, 4) is 33.9 Å². The van der Waals surface area contributed by atoms with Gasteiger partial charge in [0.15, 0.2) is 5.43 Å². The second-order valence-corrected chi connectivity index (χ2v) is 13.0. The van der Waals surface area contributed by atoms with E-state index in [-0.39, 0.29) is 82.0 Å². The first-order chi connectivity index (χ1) is 26.4. The SMILES string of the molecule is O=C(O)c1ccc(C(=O)N2CCN(c3cc4c(cc3F)c(=O)c(C(=O)O)cn4-c3ccc(F)cc3)CC2)cc1-c1c2ccc(=O)cc-2oc2cc(O)ccc12. The Morgan fingerprint density at radius 3 is 2.15 bits per heavy atom. The summed E-state index contributed by atoms with van der Waals surface area (Å²) in [5, 5.41) is 30.3. The lowest BCUT2D eigenvalue weighted by atomic mass is 9.89. The maximum absolute atomic E-state index is 15.7. The second kappa shape index (κ2) is 13.3. The van der Waals surface area contributed by atoms with E-state index in [0.717, 1.165) is 12.3 Å². The van der Waals surface area contributed by atoms with Crippen LogP contribution in [0.4, 0.5) is 14.5 Å². The maximum Gasteiger partial charge on any atom is 0.341 e. The number of halogens is 2. The van der Waals surface area contributed by atoms with Gasteiger partial charge < -0.3 is 34.1 Å². The molecule has 5 aromatic rings. The van der Waals surface area contributed by atoms with Crippen molar-refractivity contribution >= 4 is 45.4 Å². The van der Waals surface area contributed by atoms with Gasteiger partial charge in [-0.15, -0.1) is 0 Å². The predicted octanol–water partition coefficient (Wildman–Crippen LogP) is 6.21. The third-order valence-corrected chi connectivity index (χ3v) is 9.76. The number of phenolic OH excluding ortho intramolecular Hbond substituents is 1.